The molecular weight excluding hydrogens is 467 g/mol. The molecule has 1 heterocycles. The van der Waals surface area contributed by atoms with E-state index in [1.54, 1.807) is 30.3 Å². The topological polar surface area (TPSA) is 109 Å². The van der Waals surface area contributed by atoms with Crippen molar-refractivity contribution in [3.63, 3.8) is 0 Å². The van der Waals surface area contributed by atoms with E-state index >= 15 is 0 Å². The fourth-order valence-electron chi connectivity index (χ4n) is 3.23. The maximum atomic E-state index is 13.1. The summed E-state index contributed by atoms with van der Waals surface area (Å²) in [6.45, 7) is 1.60. The largest absolute Gasteiger partial charge is 0.493 e. The summed E-state index contributed by atoms with van der Waals surface area (Å²) in [4.78, 5) is 13.1. The maximum Gasteiger partial charge on any atom is 0.281 e. The molecule has 0 spiro atoms. The van der Waals surface area contributed by atoms with E-state index in [1.807, 2.05) is 12.1 Å². The van der Waals surface area contributed by atoms with E-state index in [0.717, 1.165) is 10.1 Å². The molecule has 0 aliphatic heterocycles. The number of aromatic hydroxyl groups is 1. The number of aryl methyl sites for hydroxylation is 1. The van der Waals surface area contributed by atoms with Crippen molar-refractivity contribution in [3.8, 4) is 23.4 Å². The predicted molar refractivity (Wildman–Crippen MR) is 126 cm³/mol. The summed E-state index contributed by atoms with van der Waals surface area (Å²) < 4.78 is 11.6. The molecule has 8 nitrogen and oxygen atoms in total. The highest BCUT2D eigenvalue weighted by atomic mass is 35.5. The Morgan fingerprint density at radius 3 is 2.30 bits per heavy atom. The van der Waals surface area contributed by atoms with Crippen LogP contribution in [0.5, 0.6) is 17.4 Å². The van der Waals surface area contributed by atoms with E-state index in [4.69, 9.17) is 32.7 Å². The third-order valence-corrected chi connectivity index (χ3v) is 5.64. The highest BCUT2D eigenvalue weighted by Gasteiger charge is 2.19. The fourth-order valence-corrected chi connectivity index (χ4v) is 3.70. The van der Waals surface area contributed by atoms with Gasteiger partial charge in [-0.3, -0.25) is 9.36 Å². The number of nitriles is 1. The molecule has 33 heavy (non-hydrogen) atoms. The average Bonchev–Trinajstić information content (AvgIpc) is 2.80. The smallest absolute Gasteiger partial charge is 0.281 e. The molecule has 0 radical (unpaired) electrons. The van der Waals surface area contributed by atoms with E-state index in [0.29, 0.717) is 17.9 Å². The summed E-state index contributed by atoms with van der Waals surface area (Å²) in [6.07, 6.45) is 0.370. The minimum atomic E-state index is -0.601. The van der Waals surface area contributed by atoms with Crippen LogP contribution < -0.4 is 15.0 Å². The average molecular weight is 487 g/mol. The Labute approximate surface area is 200 Å². The van der Waals surface area contributed by atoms with Crippen LogP contribution in [0.4, 0.5) is 11.4 Å². The van der Waals surface area contributed by atoms with Crippen LogP contribution in [0.2, 0.25) is 10.0 Å². The van der Waals surface area contributed by atoms with Gasteiger partial charge in [0.25, 0.3) is 5.56 Å². The Kier molecular flexibility index (Phi) is 7.59. The van der Waals surface area contributed by atoms with Crippen molar-refractivity contribution >= 4 is 34.6 Å². The lowest BCUT2D eigenvalue weighted by Gasteiger charge is -2.14. The van der Waals surface area contributed by atoms with E-state index in [-0.39, 0.29) is 39.1 Å². The molecule has 0 fully saturated rings. The van der Waals surface area contributed by atoms with Crippen molar-refractivity contribution in [2.45, 2.75) is 19.9 Å². The number of ether oxygens (including phenoxy) is 2. The van der Waals surface area contributed by atoms with Crippen LogP contribution in [0.1, 0.15) is 16.7 Å². The zero-order valence-corrected chi connectivity index (χ0v) is 19.6. The number of hydrogen-bond acceptors (Lipinski definition) is 7. The molecule has 0 amide bonds. The van der Waals surface area contributed by atoms with Gasteiger partial charge in [0.2, 0.25) is 5.88 Å². The predicted octanol–water partition coefficient (Wildman–Crippen LogP) is 5.72. The van der Waals surface area contributed by atoms with Crippen LogP contribution in [0.15, 0.2) is 51.4 Å². The van der Waals surface area contributed by atoms with Crippen LogP contribution >= 0.6 is 23.2 Å². The first-order valence-corrected chi connectivity index (χ1v) is 10.5. The first-order valence-electron chi connectivity index (χ1n) is 9.75. The molecule has 0 unspecified atom stereocenters. The van der Waals surface area contributed by atoms with Gasteiger partial charge in [0.1, 0.15) is 17.3 Å². The molecule has 3 aromatic rings. The molecule has 1 aromatic heterocycles. The molecule has 1 N–H and O–H groups in total. The summed E-state index contributed by atoms with van der Waals surface area (Å²) >= 11 is 12.2. The highest BCUT2D eigenvalue weighted by molar-refractivity contribution is 6.38. The minimum Gasteiger partial charge on any atom is -0.493 e. The van der Waals surface area contributed by atoms with Crippen molar-refractivity contribution in [3.05, 3.63) is 73.5 Å². The Morgan fingerprint density at radius 2 is 1.70 bits per heavy atom. The van der Waals surface area contributed by atoms with Crippen LogP contribution in [0, 0.1) is 18.3 Å². The van der Waals surface area contributed by atoms with E-state index in [9.17, 15) is 15.2 Å². The van der Waals surface area contributed by atoms with Gasteiger partial charge in [0, 0.05) is 12.1 Å². The number of rotatable bonds is 7. The lowest BCUT2D eigenvalue weighted by atomic mass is 10.1. The van der Waals surface area contributed by atoms with Gasteiger partial charge in [-0.15, -0.1) is 10.2 Å². The van der Waals surface area contributed by atoms with Gasteiger partial charge in [0.15, 0.2) is 17.2 Å². The molecular formula is C23H20Cl2N4O4. The minimum absolute atomic E-state index is 0.0684. The quantitative estimate of drug-likeness (QED) is 0.429. The summed E-state index contributed by atoms with van der Waals surface area (Å²) in [7, 11) is 3.07. The first kappa shape index (κ1) is 24.1. The first-order chi connectivity index (χ1) is 15.8. The third kappa shape index (κ3) is 4.95. The van der Waals surface area contributed by atoms with Crippen molar-refractivity contribution in [1.82, 2.24) is 4.57 Å². The van der Waals surface area contributed by atoms with Gasteiger partial charge in [-0.1, -0.05) is 35.3 Å². The number of halogens is 2. The Hall–Kier alpha value is -3.54. The molecule has 170 valence electrons. The number of nitrogens with zero attached hydrogens (tertiary/aromatic N) is 4. The lowest BCUT2D eigenvalue weighted by Crippen LogP contribution is -2.23. The van der Waals surface area contributed by atoms with E-state index in [1.165, 1.54) is 21.1 Å². The molecule has 2 aromatic carbocycles. The van der Waals surface area contributed by atoms with Crippen molar-refractivity contribution in [2.75, 3.05) is 14.2 Å². The number of aromatic nitrogens is 1. The van der Waals surface area contributed by atoms with Gasteiger partial charge in [-0.2, -0.15) is 5.26 Å². The highest BCUT2D eigenvalue weighted by Crippen LogP contribution is 2.35. The van der Waals surface area contributed by atoms with E-state index < -0.39 is 11.4 Å². The Balaban J connectivity index is 2.02. The Morgan fingerprint density at radius 1 is 1.06 bits per heavy atom. The molecule has 0 saturated carbocycles. The number of methoxy groups -OCH3 is 2. The van der Waals surface area contributed by atoms with Crippen molar-refractivity contribution in [1.29, 1.82) is 5.26 Å². The second kappa shape index (κ2) is 10.4. The number of benzene rings is 2. The molecule has 0 aliphatic rings. The number of azo groups is 1. The normalized spacial score (nSPS) is 10.9. The standard InChI is InChI=1S/C23H20Cl2N4O4/c1-13-15(12-26)22(30)29(10-9-14-7-8-18(32-2)19(11-14)33-3)23(31)20(13)27-28-21-16(24)5-4-6-17(21)25/h4-8,11,30H,9-10H2,1-3H3. The molecule has 0 aliphatic carbocycles. The van der Waals surface area contributed by atoms with Crippen LogP contribution in [-0.4, -0.2) is 23.9 Å². The van der Waals surface area contributed by atoms with Crippen molar-refractivity contribution in [2.24, 2.45) is 10.2 Å². The van der Waals surface area contributed by atoms with Crippen LogP contribution in [-0.2, 0) is 13.0 Å². The van der Waals surface area contributed by atoms with Crippen molar-refractivity contribution < 1.29 is 14.6 Å². The van der Waals surface area contributed by atoms with Gasteiger partial charge >= 0.3 is 0 Å². The second-order valence-electron chi connectivity index (χ2n) is 6.95. The van der Waals surface area contributed by atoms with Gasteiger partial charge < -0.3 is 14.6 Å². The fraction of sp³-hybridized carbons (Fsp3) is 0.217. The van der Waals surface area contributed by atoms with Gasteiger partial charge in [-0.25, -0.2) is 0 Å². The van der Waals surface area contributed by atoms with Gasteiger partial charge in [0.05, 0.1) is 24.3 Å². The van der Waals surface area contributed by atoms with E-state index in [2.05, 4.69) is 10.2 Å². The summed E-state index contributed by atoms with van der Waals surface area (Å²) in [5, 5.41) is 28.7. The number of pyridine rings is 1. The molecule has 0 atom stereocenters. The molecule has 10 heteroatoms. The maximum absolute atomic E-state index is 13.1. The molecule has 3 rings (SSSR count). The zero-order valence-electron chi connectivity index (χ0n) is 18.1. The SMILES string of the molecule is COc1ccc(CCn2c(O)c(C#N)c(C)c(N=Nc3c(Cl)cccc3Cl)c2=O)cc1OC. The van der Waals surface area contributed by atoms with Gasteiger partial charge in [-0.05, 0) is 43.2 Å². The summed E-state index contributed by atoms with van der Waals surface area (Å²) in [6, 6.07) is 12.1. The lowest BCUT2D eigenvalue weighted by molar-refractivity contribution is 0.354. The zero-order chi connectivity index (χ0) is 24.1. The Bertz CT molecular complexity index is 1310. The third-order valence-electron chi connectivity index (χ3n) is 5.03. The number of hydrogen-bond donors (Lipinski definition) is 1. The van der Waals surface area contributed by atoms with Crippen LogP contribution in [0.25, 0.3) is 0 Å². The summed E-state index contributed by atoms with van der Waals surface area (Å²) in [5.41, 5.74) is 0.478. The summed E-state index contributed by atoms with van der Waals surface area (Å²) in [5.74, 6) is 0.679. The molecule has 0 bridgehead atoms. The molecule has 0 saturated heterocycles. The van der Waals surface area contributed by atoms with Crippen LogP contribution in [0.3, 0.4) is 0 Å². The monoisotopic (exact) mass is 486 g/mol. The second-order valence-corrected chi connectivity index (χ2v) is 7.76.